The Hall–Kier alpha value is -1.67. The number of aromatic nitrogens is 2. The summed E-state index contributed by atoms with van der Waals surface area (Å²) in [6.07, 6.45) is 8.45. The van der Waals surface area contributed by atoms with E-state index >= 15 is 0 Å². The lowest BCUT2D eigenvalue weighted by Crippen LogP contribution is -2.39. The third-order valence-electron chi connectivity index (χ3n) is 6.00. The second kappa shape index (κ2) is 10.2. The van der Waals surface area contributed by atoms with Crippen LogP contribution >= 0.6 is 0 Å². The Morgan fingerprint density at radius 3 is 2.18 bits per heavy atom. The molecule has 0 radical (unpaired) electrons. The molecule has 0 unspecified atom stereocenters. The normalized spacial score (nSPS) is 12.6. The number of benzene rings is 1. The number of ether oxygens (including phenoxy) is 1. The van der Waals surface area contributed by atoms with Gasteiger partial charge < -0.3 is 9.84 Å². The predicted molar refractivity (Wildman–Crippen MR) is 124 cm³/mol. The van der Waals surface area contributed by atoms with E-state index in [0.29, 0.717) is 16.2 Å². The van der Waals surface area contributed by atoms with E-state index in [1.807, 2.05) is 0 Å². The van der Waals surface area contributed by atoms with Gasteiger partial charge in [0.1, 0.15) is 5.75 Å². The molecule has 1 N–H and O–H groups in total. The minimum Gasteiger partial charge on any atom is -0.508 e. The number of nitrogens with zero attached hydrogens (tertiary/aromatic N) is 2. The first-order valence-electron chi connectivity index (χ1n) is 10.4. The van der Waals surface area contributed by atoms with Crippen molar-refractivity contribution in [2.24, 2.45) is 0 Å². The Kier molecular flexibility index (Phi) is 8.25. The molecule has 0 bridgehead atoms. The van der Waals surface area contributed by atoms with Crippen LogP contribution in [0.25, 0.3) is 11.4 Å². The van der Waals surface area contributed by atoms with Crippen molar-refractivity contribution in [1.82, 2.24) is 9.97 Å². The zero-order valence-corrected chi connectivity index (χ0v) is 20.6. The summed E-state index contributed by atoms with van der Waals surface area (Å²) in [5, 5.41) is 9.35. The number of aromatic hydroxyl groups is 1. The van der Waals surface area contributed by atoms with Crippen LogP contribution in [0.4, 0.5) is 0 Å². The monoisotopic (exact) mass is 416 g/mol. The van der Waals surface area contributed by atoms with Gasteiger partial charge in [0, 0.05) is 23.2 Å². The smallest absolute Gasteiger partial charge is 0.159 e. The summed E-state index contributed by atoms with van der Waals surface area (Å²) in [7, 11) is -0.988. The summed E-state index contributed by atoms with van der Waals surface area (Å²) in [4.78, 5) is 8.70. The molecule has 28 heavy (non-hydrogen) atoms. The Labute approximate surface area is 173 Å². The highest BCUT2D eigenvalue weighted by atomic mass is 28.4. The van der Waals surface area contributed by atoms with Crippen molar-refractivity contribution in [1.29, 1.82) is 0 Å². The molecule has 0 saturated heterocycles. The second-order valence-corrected chi connectivity index (χ2v) is 18.8. The minimum absolute atomic E-state index is 0.0253. The Balaban J connectivity index is 1.60. The van der Waals surface area contributed by atoms with E-state index in [2.05, 4.69) is 43.5 Å². The Morgan fingerprint density at radius 2 is 1.57 bits per heavy atom. The molecule has 0 atom stereocenters. The van der Waals surface area contributed by atoms with Crippen LogP contribution in [0.3, 0.4) is 0 Å². The molecule has 1 heterocycles. The zero-order chi connectivity index (χ0) is 20.6. The number of phenols is 1. The first-order valence-corrected chi connectivity index (χ1v) is 15.6. The number of unbranched alkanes of at least 4 members (excludes halogenated alkanes) is 3. The van der Waals surface area contributed by atoms with Gasteiger partial charge in [-0.2, -0.15) is 0 Å². The van der Waals surface area contributed by atoms with Crippen molar-refractivity contribution in [2.75, 3.05) is 6.61 Å². The van der Waals surface area contributed by atoms with E-state index in [1.165, 1.54) is 25.3 Å². The van der Waals surface area contributed by atoms with Crippen molar-refractivity contribution >= 4 is 17.6 Å². The molecule has 0 aliphatic carbocycles. The lowest BCUT2D eigenvalue weighted by molar-refractivity contribution is 0.303. The van der Waals surface area contributed by atoms with Crippen LogP contribution in [0.1, 0.15) is 39.5 Å². The largest absolute Gasteiger partial charge is 0.508 e. The molecule has 0 amide bonds. The fourth-order valence-electron chi connectivity index (χ4n) is 2.91. The van der Waals surface area contributed by atoms with E-state index in [4.69, 9.17) is 4.74 Å². The van der Waals surface area contributed by atoms with E-state index in [9.17, 15) is 5.11 Å². The van der Waals surface area contributed by atoms with E-state index in [1.54, 1.807) is 36.7 Å². The van der Waals surface area contributed by atoms with Gasteiger partial charge in [-0.05, 0) is 35.3 Å². The van der Waals surface area contributed by atoms with Crippen molar-refractivity contribution in [3.8, 4) is 22.9 Å². The molecule has 0 saturated carbocycles. The maximum Gasteiger partial charge on any atom is 0.159 e. The summed E-state index contributed by atoms with van der Waals surface area (Å²) < 4.78 is 6.44. The topological polar surface area (TPSA) is 55.2 Å². The number of rotatable bonds is 11. The molecule has 1 aromatic carbocycles. The maximum absolute atomic E-state index is 9.35. The van der Waals surface area contributed by atoms with Crippen molar-refractivity contribution in [3.63, 3.8) is 0 Å². The van der Waals surface area contributed by atoms with Crippen molar-refractivity contribution in [2.45, 2.75) is 69.9 Å². The lowest BCUT2D eigenvalue weighted by Gasteiger charge is -2.37. The van der Waals surface area contributed by atoms with Gasteiger partial charge >= 0.3 is 0 Å². The summed E-state index contributed by atoms with van der Waals surface area (Å²) in [6, 6.07) is 8.36. The fourth-order valence-corrected chi connectivity index (χ4v) is 7.93. The average Bonchev–Trinajstić information content (AvgIpc) is 2.64. The quantitative estimate of drug-likeness (QED) is 0.391. The van der Waals surface area contributed by atoms with Crippen LogP contribution in [0, 0.1) is 0 Å². The first kappa shape index (κ1) is 22.6. The summed E-state index contributed by atoms with van der Waals surface area (Å²) in [5.41, 5.74) is 0.880. The van der Waals surface area contributed by atoms with Crippen LogP contribution in [-0.4, -0.2) is 39.3 Å². The molecule has 2 rings (SSSR count). The molecular formula is C22H36N2O2Si2. The molecule has 1 aromatic heterocycles. The highest BCUT2D eigenvalue weighted by Gasteiger charge is 2.33. The fraction of sp³-hybridized carbons (Fsp3) is 0.545. The Bertz CT molecular complexity index is 711. The van der Waals surface area contributed by atoms with Crippen LogP contribution in [0.2, 0.25) is 30.3 Å². The molecular weight excluding hydrogens is 380 g/mol. The van der Waals surface area contributed by atoms with E-state index in [-0.39, 0.29) is 15.3 Å². The van der Waals surface area contributed by atoms with Gasteiger partial charge in [-0.3, -0.25) is 0 Å². The van der Waals surface area contributed by atoms with Crippen molar-refractivity contribution < 1.29 is 9.84 Å². The van der Waals surface area contributed by atoms with E-state index < -0.39 is 8.07 Å². The third kappa shape index (κ3) is 7.06. The van der Waals surface area contributed by atoms with Crippen LogP contribution in [0.5, 0.6) is 11.5 Å². The SMILES string of the molecule is CC(C)([SiH2]CCCCCCOc1cnc(-c2ccc(O)cc2)nc1)[Si](C)(C)C. The summed E-state index contributed by atoms with van der Waals surface area (Å²) >= 11 is 0. The molecule has 4 nitrogen and oxygen atoms in total. The standard InChI is InChI=1S/C22H36N2O2Si2/c1-22(2,28(3,4)5)27-15-9-7-6-8-14-26-20-16-23-21(24-17-20)18-10-12-19(25)13-11-18/h10-13,16-17,25H,6-9,14-15,27H2,1-5H3. The van der Waals surface area contributed by atoms with Gasteiger partial charge in [-0.1, -0.05) is 58.8 Å². The molecule has 0 fully saturated rings. The van der Waals surface area contributed by atoms with Crippen LogP contribution in [0.15, 0.2) is 36.7 Å². The molecule has 0 aliphatic heterocycles. The zero-order valence-electron chi connectivity index (χ0n) is 18.2. The Morgan fingerprint density at radius 1 is 0.964 bits per heavy atom. The molecule has 154 valence electrons. The highest BCUT2D eigenvalue weighted by molar-refractivity contribution is 6.87. The van der Waals surface area contributed by atoms with Crippen molar-refractivity contribution in [3.05, 3.63) is 36.7 Å². The van der Waals surface area contributed by atoms with Crippen LogP contribution < -0.4 is 4.74 Å². The van der Waals surface area contributed by atoms with Crippen LogP contribution in [-0.2, 0) is 0 Å². The molecule has 6 heteroatoms. The number of phenolic OH excluding ortho intramolecular Hbond substituents is 1. The number of hydrogen-bond acceptors (Lipinski definition) is 4. The maximum atomic E-state index is 9.35. The molecule has 0 spiro atoms. The van der Waals surface area contributed by atoms with Gasteiger partial charge in [-0.25, -0.2) is 9.97 Å². The summed E-state index contributed by atoms with van der Waals surface area (Å²) in [5.74, 6) is 1.59. The van der Waals surface area contributed by atoms with Gasteiger partial charge in [-0.15, -0.1) is 0 Å². The van der Waals surface area contributed by atoms with Gasteiger partial charge in [0.2, 0.25) is 0 Å². The summed E-state index contributed by atoms with van der Waals surface area (Å²) in [6.45, 7) is 13.3. The highest BCUT2D eigenvalue weighted by Crippen LogP contribution is 2.36. The van der Waals surface area contributed by atoms with E-state index in [0.717, 1.165) is 18.6 Å². The lowest BCUT2D eigenvalue weighted by atomic mass is 10.2. The minimum atomic E-state index is -1.01. The van der Waals surface area contributed by atoms with Gasteiger partial charge in [0.15, 0.2) is 11.6 Å². The van der Waals surface area contributed by atoms with Gasteiger partial charge in [0.05, 0.1) is 19.0 Å². The molecule has 0 aliphatic rings. The predicted octanol–water partition coefficient (Wildman–Crippen LogP) is 5.45. The number of hydrogen-bond donors (Lipinski definition) is 1. The first-order chi connectivity index (χ1) is 13.2. The molecule has 2 aromatic rings. The average molecular weight is 417 g/mol. The van der Waals surface area contributed by atoms with Gasteiger partial charge in [0.25, 0.3) is 0 Å². The third-order valence-corrected chi connectivity index (χ3v) is 16.1. The second-order valence-electron chi connectivity index (χ2n) is 9.29.